The Labute approximate surface area is 285 Å². The zero-order valence-corrected chi connectivity index (χ0v) is 39.7. The van der Waals surface area contributed by atoms with Gasteiger partial charge in [0.15, 0.2) is 0 Å². The van der Waals surface area contributed by atoms with Crippen LogP contribution >= 0.6 is 31.7 Å². The summed E-state index contributed by atoms with van der Waals surface area (Å²) in [6.07, 6.45) is 0. The average Bonchev–Trinajstić information content (AvgIpc) is 3.04. The van der Waals surface area contributed by atoms with Gasteiger partial charge in [-0.1, -0.05) is 34.6 Å². The van der Waals surface area contributed by atoms with Crippen molar-refractivity contribution >= 4 is 31.7 Å². The van der Waals surface area contributed by atoms with Gasteiger partial charge >= 0.3 is 39.6 Å². The van der Waals surface area contributed by atoms with Crippen LogP contribution in [0.5, 0.6) is 0 Å². The maximum atomic E-state index is 6.00. The van der Waals surface area contributed by atoms with Crippen LogP contribution in [0.4, 0.5) is 0 Å². The second kappa shape index (κ2) is 33.0. The maximum absolute atomic E-state index is 6.00. The van der Waals surface area contributed by atoms with Gasteiger partial charge in [-0.2, -0.15) is 27.8 Å². The van der Waals surface area contributed by atoms with Gasteiger partial charge in [0.05, 0.1) is 0 Å². The molecule has 8 heteroatoms. The third-order valence-electron chi connectivity index (χ3n) is 5.62. The van der Waals surface area contributed by atoms with Crippen molar-refractivity contribution in [2.24, 2.45) is 0 Å². The molecule has 2 rings (SSSR count). The quantitative estimate of drug-likeness (QED) is 0.150. The van der Waals surface area contributed by atoms with Gasteiger partial charge in [0.1, 0.15) is 0 Å². The van der Waals surface area contributed by atoms with Crippen molar-refractivity contribution in [3.8, 4) is 0 Å². The molecule has 0 atom stereocenters. The summed E-state index contributed by atoms with van der Waals surface area (Å²) in [5.41, 5.74) is 14.7. The Kier molecular flexibility index (Phi) is 46.9. The molecule has 0 bridgehead atoms. The predicted molar refractivity (Wildman–Crippen MR) is 199 cm³/mol. The smallest absolute Gasteiger partial charge is 0.731 e. The minimum Gasteiger partial charge on any atom is -0.731 e. The molecular weight excluding hydrogens is 917 g/mol. The molecule has 234 valence electrons. The molecular formula is C32H70N2Os2P4+10. The first-order valence-corrected chi connectivity index (χ1v) is 25.7. The van der Waals surface area contributed by atoms with Crippen molar-refractivity contribution in [3.05, 3.63) is 55.6 Å². The number of hydrogen-bond donors (Lipinski definition) is 0. The molecule has 2 aromatic rings. The van der Waals surface area contributed by atoms with Crippen LogP contribution < -0.4 is 0 Å². The molecule has 2 aromatic carbocycles. The Morgan fingerprint density at radius 1 is 0.375 bits per heavy atom. The average molecular weight is 987 g/mol. The molecule has 0 aliphatic heterocycles. The molecule has 0 saturated carbocycles. The van der Waals surface area contributed by atoms with Gasteiger partial charge in [-0.05, 0) is 31.7 Å². The van der Waals surface area contributed by atoms with Crippen LogP contribution in [0.1, 0.15) is 55.6 Å². The summed E-state index contributed by atoms with van der Waals surface area (Å²) >= 11 is 0. The van der Waals surface area contributed by atoms with E-state index in [4.69, 9.17) is 10.8 Å². The molecule has 0 amide bonds. The van der Waals surface area contributed by atoms with Crippen molar-refractivity contribution in [2.75, 3.05) is 80.0 Å². The first kappa shape index (κ1) is 56.8. The van der Waals surface area contributed by atoms with E-state index in [1.54, 1.807) is 0 Å². The Hall–Kier alpha value is 1.11. The third-order valence-corrected chi connectivity index (χ3v) is 5.62. The number of nitrogens with zero attached hydrogens (tertiary/aromatic N) is 2. The number of hydrogen-bond acceptors (Lipinski definition) is 2. The first-order valence-electron chi connectivity index (χ1n) is 13.7. The molecule has 0 fully saturated rings. The minimum atomic E-state index is 0. The zero-order chi connectivity index (χ0) is 32.1. The predicted octanol–water partition coefficient (Wildman–Crippen LogP) is 10.3. The molecule has 0 spiro atoms. The van der Waals surface area contributed by atoms with Crippen LogP contribution in [0, 0.1) is 80.0 Å². The molecule has 40 heavy (non-hydrogen) atoms. The van der Waals surface area contributed by atoms with Crippen molar-refractivity contribution in [1.82, 2.24) is 0 Å². The van der Waals surface area contributed by atoms with Crippen molar-refractivity contribution in [1.29, 1.82) is 10.8 Å². The molecule has 0 aromatic heterocycles. The first-order chi connectivity index (χ1) is 17.0. The van der Waals surface area contributed by atoms with Crippen LogP contribution in [0.2, 0.25) is 0 Å². The van der Waals surface area contributed by atoms with Gasteiger partial charge < -0.3 is 27.8 Å². The summed E-state index contributed by atoms with van der Waals surface area (Å²) in [5.74, 6) is 0. The van der Waals surface area contributed by atoms with Gasteiger partial charge in [-0.25, -0.2) is 34.6 Å². The fourth-order valence-corrected chi connectivity index (χ4v) is 2.81. The second-order valence-electron chi connectivity index (χ2n) is 12.2. The van der Waals surface area contributed by atoms with Crippen LogP contribution in [0.15, 0.2) is 0 Å². The van der Waals surface area contributed by atoms with E-state index in [9.17, 15) is 0 Å². The molecule has 0 unspecified atom stereocenters. The van der Waals surface area contributed by atoms with E-state index in [2.05, 4.69) is 149 Å². The molecule has 2 nitrogen and oxygen atoms in total. The van der Waals surface area contributed by atoms with Gasteiger partial charge in [0.2, 0.25) is 0 Å². The summed E-state index contributed by atoms with van der Waals surface area (Å²) < 4.78 is 0. The van der Waals surface area contributed by atoms with Gasteiger partial charge in [0.25, 0.3) is 0 Å². The molecule has 0 radical (unpaired) electrons. The Balaban J connectivity index is -0.0000000677. The third kappa shape index (κ3) is 33.6. The van der Waals surface area contributed by atoms with E-state index >= 15 is 0 Å². The Morgan fingerprint density at radius 2 is 0.475 bits per heavy atom. The standard InChI is InChI=1S/2C10H15.4C3H9P.N2.2Os/c2*1-6-7(2)9(4)10(5)8(6)3;4*1-4(2)3;1-2;;/h2*1-5H3;4*1-3H3;;;/q-5;-1;;;;;;2*+6/p+4. The van der Waals surface area contributed by atoms with Crippen molar-refractivity contribution < 1.29 is 39.6 Å². The summed E-state index contributed by atoms with van der Waals surface area (Å²) in [6, 6.07) is 0. The molecule has 0 saturated heterocycles. The summed E-state index contributed by atoms with van der Waals surface area (Å²) in [4.78, 5) is 0. The SMILES string of the molecule is C[PH+](C)C.C[PH+](C)C.C[PH+](C)C.C[PH+](C)C.C[c-]1[c-](C)[c-](C)[c-](C)[c-]1C.Cc1c(C)c(C)[c-](C)c1C.N#N.[Os+6].[Os+6]. The van der Waals surface area contributed by atoms with Gasteiger partial charge in [-0.15, -0.1) is 0 Å². The number of rotatable bonds is 0. The molecule has 0 heterocycles. The minimum absolute atomic E-state index is 0. The van der Waals surface area contributed by atoms with Gasteiger partial charge in [0, 0.05) is 90.8 Å². The van der Waals surface area contributed by atoms with Crippen LogP contribution in [-0.2, 0) is 39.6 Å². The fourth-order valence-electron chi connectivity index (χ4n) is 2.81. The summed E-state index contributed by atoms with van der Waals surface area (Å²) in [5, 5.41) is 12.0. The van der Waals surface area contributed by atoms with Gasteiger partial charge in [-0.3, -0.25) is 0 Å². The summed E-state index contributed by atoms with van der Waals surface area (Å²) in [7, 11) is 0.481. The maximum Gasteiger partial charge on any atom is 6.00 e. The van der Waals surface area contributed by atoms with Crippen LogP contribution in [0.3, 0.4) is 0 Å². The topological polar surface area (TPSA) is 47.6 Å². The van der Waals surface area contributed by atoms with E-state index in [-0.39, 0.29) is 71.3 Å². The largest absolute Gasteiger partial charge is 6.00 e. The van der Waals surface area contributed by atoms with Crippen LogP contribution in [-0.4, -0.2) is 80.0 Å². The summed E-state index contributed by atoms with van der Waals surface area (Å²) in [6.45, 7) is 49.2. The molecule has 0 aliphatic carbocycles. The second-order valence-corrected chi connectivity index (χ2v) is 24.2. The van der Waals surface area contributed by atoms with E-state index in [0.29, 0.717) is 0 Å². The fraction of sp³-hybridized carbons (Fsp3) is 0.688. The van der Waals surface area contributed by atoms with E-state index in [1.807, 2.05) is 0 Å². The zero-order valence-electron chi connectivity index (χ0n) is 30.6. The van der Waals surface area contributed by atoms with E-state index < -0.39 is 0 Å². The molecule has 0 N–H and O–H groups in total. The van der Waals surface area contributed by atoms with E-state index in [1.165, 1.54) is 55.6 Å². The molecule has 0 aliphatic rings. The van der Waals surface area contributed by atoms with Crippen LogP contribution in [0.25, 0.3) is 0 Å². The normalized spacial score (nSPS) is 8.90. The monoisotopic (exact) mass is 990 g/mol. The Morgan fingerprint density at radius 3 is 0.525 bits per heavy atom. The Bertz CT molecular complexity index is 615. The van der Waals surface area contributed by atoms with Crippen molar-refractivity contribution in [2.45, 2.75) is 69.2 Å². The van der Waals surface area contributed by atoms with E-state index in [0.717, 1.165) is 0 Å². The van der Waals surface area contributed by atoms with Crippen molar-refractivity contribution in [3.63, 3.8) is 0 Å².